The first-order chi connectivity index (χ1) is 16.7. The van der Waals surface area contributed by atoms with Crippen molar-refractivity contribution < 1.29 is 23.8 Å². The van der Waals surface area contributed by atoms with Crippen LogP contribution in [0.2, 0.25) is 0 Å². The fourth-order valence-electron chi connectivity index (χ4n) is 6.03. The molecule has 0 aromatic carbocycles. The molecule has 2 aliphatic rings. The van der Waals surface area contributed by atoms with Crippen molar-refractivity contribution in [1.29, 1.82) is 0 Å². The summed E-state index contributed by atoms with van der Waals surface area (Å²) in [5.41, 5.74) is -2.77. The second-order valence-electron chi connectivity index (χ2n) is 15.6. The molecule has 6 heteroatoms. The van der Waals surface area contributed by atoms with Crippen molar-refractivity contribution in [2.24, 2.45) is 32.5 Å². The summed E-state index contributed by atoms with van der Waals surface area (Å²) in [6.45, 7) is 30.1. The van der Waals surface area contributed by atoms with Gasteiger partial charge in [0, 0.05) is 6.54 Å². The van der Waals surface area contributed by atoms with Gasteiger partial charge in [-0.15, -0.1) is 0 Å². The first kappa shape index (κ1) is 32.1. The summed E-state index contributed by atoms with van der Waals surface area (Å²) >= 11 is 0. The van der Waals surface area contributed by atoms with Crippen LogP contribution in [0, 0.1) is 32.5 Å². The van der Waals surface area contributed by atoms with Gasteiger partial charge in [0.2, 0.25) is 0 Å². The number of carbonyl (C=O) groups excluding carboxylic acids is 2. The highest BCUT2D eigenvalue weighted by atomic mass is 16.6. The van der Waals surface area contributed by atoms with Crippen LogP contribution in [0.3, 0.4) is 0 Å². The van der Waals surface area contributed by atoms with Gasteiger partial charge in [0.05, 0.1) is 17.4 Å². The third kappa shape index (κ3) is 7.50. The average Bonchev–Trinajstić information content (AvgIpc) is 3.42. The Labute approximate surface area is 227 Å². The van der Waals surface area contributed by atoms with E-state index in [1.54, 1.807) is 0 Å². The first-order valence-corrected chi connectivity index (χ1v) is 14.3. The van der Waals surface area contributed by atoms with Gasteiger partial charge in [0.1, 0.15) is 19.3 Å². The predicted octanol–water partition coefficient (Wildman–Crippen LogP) is 6.50. The van der Waals surface area contributed by atoms with Gasteiger partial charge in [-0.1, -0.05) is 69.2 Å². The van der Waals surface area contributed by atoms with E-state index in [4.69, 9.17) is 14.2 Å². The second kappa shape index (κ2) is 11.2. The Bertz CT molecular complexity index is 795. The Kier molecular flexibility index (Phi) is 9.67. The Hall–Kier alpha value is -1.14. The van der Waals surface area contributed by atoms with Gasteiger partial charge in [0.15, 0.2) is 0 Å². The van der Waals surface area contributed by atoms with Crippen molar-refractivity contribution in [2.45, 2.75) is 115 Å². The molecule has 2 heterocycles. The lowest BCUT2D eigenvalue weighted by molar-refractivity contribution is -0.182. The van der Waals surface area contributed by atoms with E-state index in [1.807, 2.05) is 6.92 Å². The normalized spacial score (nSPS) is 22.8. The van der Waals surface area contributed by atoms with Crippen molar-refractivity contribution in [3.8, 4) is 0 Å². The molecule has 0 N–H and O–H groups in total. The van der Waals surface area contributed by atoms with Crippen molar-refractivity contribution in [3.63, 3.8) is 0 Å². The fraction of sp³-hybridized carbons (Fsp3) is 0.935. The summed E-state index contributed by atoms with van der Waals surface area (Å²) in [6.07, 6.45) is 3.75. The molecule has 2 aliphatic heterocycles. The molecular weight excluding hydrogens is 466 g/mol. The summed E-state index contributed by atoms with van der Waals surface area (Å²) in [5, 5.41) is 0. The van der Waals surface area contributed by atoms with Crippen molar-refractivity contribution in [2.75, 3.05) is 39.5 Å². The molecule has 3 atom stereocenters. The van der Waals surface area contributed by atoms with Crippen LogP contribution in [0.15, 0.2) is 0 Å². The molecule has 2 fully saturated rings. The Morgan fingerprint density at radius 2 is 1.30 bits per heavy atom. The van der Waals surface area contributed by atoms with Gasteiger partial charge in [-0.2, -0.15) is 0 Å². The Balaban J connectivity index is 2.33. The zero-order chi connectivity index (χ0) is 28.5. The summed E-state index contributed by atoms with van der Waals surface area (Å²) in [7, 11) is 0. The van der Waals surface area contributed by atoms with E-state index >= 15 is 0 Å². The number of carbonyl (C=O) groups is 2. The number of epoxide rings is 1. The van der Waals surface area contributed by atoms with Crippen LogP contribution >= 0.6 is 0 Å². The molecule has 0 spiro atoms. The molecule has 6 nitrogen and oxygen atoms in total. The second-order valence-corrected chi connectivity index (χ2v) is 15.6. The molecule has 0 aliphatic carbocycles. The van der Waals surface area contributed by atoms with Crippen LogP contribution in [-0.4, -0.2) is 62.4 Å². The van der Waals surface area contributed by atoms with E-state index in [-0.39, 0.29) is 28.9 Å². The maximum atomic E-state index is 13.9. The van der Waals surface area contributed by atoms with E-state index in [9.17, 15) is 9.59 Å². The van der Waals surface area contributed by atoms with E-state index in [0.717, 1.165) is 19.6 Å². The topological polar surface area (TPSA) is 68.4 Å². The fourth-order valence-corrected chi connectivity index (χ4v) is 6.03. The Morgan fingerprint density at radius 1 is 0.784 bits per heavy atom. The number of rotatable bonds is 12. The molecule has 0 aromatic heterocycles. The van der Waals surface area contributed by atoms with Crippen LogP contribution in [-0.2, 0) is 23.8 Å². The third-order valence-corrected chi connectivity index (χ3v) is 9.95. The minimum Gasteiger partial charge on any atom is -0.464 e. The number of hydrogen-bond acceptors (Lipinski definition) is 6. The SMILES string of the molecule is CC(C)(C)CC(C)(C(=O)OCCN1CCCC1)C(C)(C)C(C)(C)CC(C)(C(=O)OCC1CO1)C(C)(C)C. The number of esters is 2. The van der Waals surface area contributed by atoms with Crippen molar-refractivity contribution in [3.05, 3.63) is 0 Å². The molecule has 3 unspecified atom stereocenters. The van der Waals surface area contributed by atoms with Crippen LogP contribution in [0.1, 0.15) is 109 Å². The van der Waals surface area contributed by atoms with E-state index < -0.39 is 21.7 Å². The molecule has 216 valence electrons. The maximum absolute atomic E-state index is 13.9. The number of likely N-dealkylation sites (tertiary alicyclic amines) is 1. The zero-order valence-corrected chi connectivity index (χ0v) is 26.1. The van der Waals surface area contributed by atoms with E-state index in [2.05, 4.69) is 81.1 Å². The number of nitrogens with zero attached hydrogens (tertiary/aromatic N) is 1. The first-order valence-electron chi connectivity index (χ1n) is 14.3. The molecule has 0 aromatic rings. The molecule has 0 bridgehead atoms. The highest BCUT2D eigenvalue weighted by Gasteiger charge is 2.60. The van der Waals surface area contributed by atoms with Gasteiger partial charge in [-0.25, -0.2) is 0 Å². The average molecular weight is 524 g/mol. The minimum atomic E-state index is -0.746. The van der Waals surface area contributed by atoms with Crippen LogP contribution in [0.4, 0.5) is 0 Å². The lowest BCUT2D eigenvalue weighted by Gasteiger charge is -2.56. The van der Waals surface area contributed by atoms with Gasteiger partial charge in [0.25, 0.3) is 0 Å². The number of ether oxygens (including phenoxy) is 3. The van der Waals surface area contributed by atoms with Gasteiger partial charge < -0.3 is 14.2 Å². The van der Waals surface area contributed by atoms with E-state index in [1.165, 1.54) is 12.8 Å². The molecular formula is C31H57NO5. The van der Waals surface area contributed by atoms with Gasteiger partial charge >= 0.3 is 11.9 Å². The van der Waals surface area contributed by atoms with E-state index in [0.29, 0.717) is 32.7 Å². The standard InChI is InChI=1S/C31H57NO5/c1-26(2,3)21-31(12,25(34)35-18-17-32-15-13-14-16-32)29(9,10)28(7,8)22-30(11,27(4,5)6)24(33)37-20-23-19-36-23/h23H,13-22H2,1-12H3. The molecule has 2 saturated heterocycles. The summed E-state index contributed by atoms with van der Waals surface area (Å²) < 4.78 is 17.1. The molecule has 37 heavy (non-hydrogen) atoms. The quantitative estimate of drug-likeness (QED) is 0.215. The zero-order valence-electron chi connectivity index (χ0n) is 26.1. The molecule has 2 rings (SSSR count). The third-order valence-electron chi connectivity index (χ3n) is 9.95. The summed E-state index contributed by atoms with van der Waals surface area (Å²) in [6, 6.07) is 0. The molecule has 0 saturated carbocycles. The largest absolute Gasteiger partial charge is 0.464 e. The van der Waals surface area contributed by atoms with Crippen molar-refractivity contribution >= 4 is 11.9 Å². The summed E-state index contributed by atoms with van der Waals surface area (Å²) in [5.74, 6) is -0.323. The van der Waals surface area contributed by atoms with Crippen LogP contribution in [0.5, 0.6) is 0 Å². The minimum absolute atomic E-state index is 0.0306. The highest BCUT2D eigenvalue weighted by molar-refractivity contribution is 5.79. The van der Waals surface area contributed by atoms with Crippen LogP contribution in [0.25, 0.3) is 0 Å². The van der Waals surface area contributed by atoms with Crippen molar-refractivity contribution in [1.82, 2.24) is 4.90 Å². The smallest absolute Gasteiger partial charge is 0.312 e. The number of hydrogen-bond donors (Lipinski definition) is 0. The Morgan fingerprint density at radius 3 is 1.76 bits per heavy atom. The maximum Gasteiger partial charge on any atom is 0.312 e. The van der Waals surface area contributed by atoms with Gasteiger partial charge in [-0.05, 0) is 74.3 Å². The summed E-state index contributed by atoms with van der Waals surface area (Å²) in [4.78, 5) is 29.9. The lowest BCUT2D eigenvalue weighted by Crippen LogP contribution is -2.56. The van der Waals surface area contributed by atoms with Gasteiger partial charge in [-0.3, -0.25) is 14.5 Å². The van der Waals surface area contributed by atoms with Crippen LogP contribution < -0.4 is 0 Å². The lowest BCUT2D eigenvalue weighted by atomic mass is 9.47. The highest BCUT2D eigenvalue weighted by Crippen LogP contribution is 2.61. The molecule has 0 radical (unpaired) electrons. The molecule has 0 amide bonds. The predicted molar refractivity (Wildman–Crippen MR) is 149 cm³/mol. The monoisotopic (exact) mass is 523 g/mol.